The number of pyridine rings is 2. The molecule has 5 aromatic rings. The van der Waals surface area contributed by atoms with E-state index in [9.17, 15) is 9.59 Å². The molecular weight excluding hydrogens is 474 g/mol. The lowest BCUT2D eigenvalue weighted by Gasteiger charge is -2.07. The van der Waals surface area contributed by atoms with Crippen LogP contribution in [-0.4, -0.2) is 25.2 Å². The molecular formula is C24H18ClN5O3S. The number of furan rings is 1. The number of halogens is 1. The summed E-state index contributed by atoms with van der Waals surface area (Å²) >= 11 is 7.47. The van der Waals surface area contributed by atoms with E-state index >= 15 is 0 Å². The summed E-state index contributed by atoms with van der Waals surface area (Å²) < 4.78 is 8.64. The maximum Gasteiger partial charge on any atom is 0.314 e. The van der Waals surface area contributed by atoms with Gasteiger partial charge in [0.15, 0.2) is 5.76 Å². The highest BCUT2D eigenvalue weighted by Gasteiger charge is 2.25. The summed E-state index contributed by atoms with van der Waals surface area (Å²) in [4.78, 5) is 31.7. The van der Waals surface area contributed by atoms with Crippen LogP contribution in [-0.2, 0) is 13.0 Å². The van der Waals surface area contributed by atoms with Gasteiger partial charge in [0.1, 0.15) is 5.69 Å². The molecule has 0 aliphatic rings. The minimum atomic E-state index is -0.481. The Kier molecular flexibility index (Phi) is 5.87. The van der Waals surface area contributed by atoms with E-state index in [1.54, 1.807) is 42.7 Å². The lowest BCUT2D eigenvalue weighted by Crippen LogP contribution is -2.22. The van der Waals surface area contributed by atoms with Gasteiger partial charge in [0.05, 0.1) is 39.8 Å². The Balaban J connectivity index is 1.61. The van der Waals surface area contributed by atoms with Crippen LogP contribution in [0.25, 0.3) is 11.3 Å². The molecule has 5 aromatic heterocycles. The third kappa shape index (κ3) is 4.18. The van der Waals surface area contributed by atoms with Crippen LogP contribution in [0.4, 0.5) is 5.69 Å². The van der Waals surface area contributed by atoms with Gasteiger partial charge in [-0.15, -0.1) is 11.3 Å². The minimum Gasteiger partial charge on any atom is -0.459 e. The summed E-state index contributed by atoms with van der Waals surface area (Å²) in [5.41, 5.74) is 8.17. The van der Waals surface area contributed by atoms with Crippen molar-refractivity contribution >= 4 is 34.5 Å². The largest absolute Gasteiger partial charge is 0.459 e. The van der Waals surface area contributed by atoms with E-state index < -0.39 is 5.91 Å². The zero-order chi connectivity index (χ0) is 23.7. The molecule has 0 aromatic carbocycles. The Morgan fingerprint density at radius 2 is 2.00 bits per heavy atom. The second kappa shape index (κ2) is 9.12. The van der Waals surface area contributed by atoms with E-state index in [1.165, 1.54) is 26.8 Å². The number of hydrogen-bond donors (Lipinski definition) is 1. The van der Waals surface area contributed by atoms with Gasteiger partial charge >= 0.3 is 5.91 Å². The van der Waals surface area contributed by atoms with Gasteiger partial charge in [-0.05, 0) is 48.5 Å². The van der Waals surface area contributed by atoms with Crippen molar-refractivity contribution in [1.29, 1.82) is 0 Å². The van der Waals surface area contributed by atoms with Gasteiger partial charge in [-0.1, -0.05) is 17.7 Å². The molecule has 0 fully saturated rings. The van der Waals surface area contributed by atoms with Crippen LogP contribution < -0.4 is 11.3 Å². The SMILES string of the molecule is Nc1c(-c2cccn(Cc3ccccn3)c2=O)nn(C(=O)c2ccco2)c1Cc1ccc(Cl)s1. The molecule has 34 heavy (non-hydrogen) atoms. The quantitative estimate of drug-likeness (QED) is 0.379. The average Bonchev–Trinajstić information content (AvgIpc) is 3.58. The van der Waals surface area contributed by atoms with Gasteiger partial charge in [0.2, 0.25) is 0 Å². The minimum absolute atomic E-state index is 0.111. The van der Waals surface area contributed by atoms with Crippen molar-refractivity contribution in [3.05, 3.63) is 110 Å². The average molecular weight is 492 g/mol. The summed E-state index contributed by atoms with van der Waals surface area (Å²) in [6.45, 7) is 0.292. The summed E-state index contributed by atoms with van der Waals surface area (Å²) in [6, 6.07) is 15.7. The van der Waals surface area contributed by atoms with E-state index in [-0.39, 0.29) is 28.3 Å². The molecule has 0 saturated heterocycles. The number of aromatic nitrogens is 4. The lowest BCUT2D eigenvalue weighted by molar-refractivity contribution is 0.0914. The molecule has 0 atom stereocenters. The predicted molar refractivity (Wildman–Crippen MR) is 130 cm³/mol. The van der Waals surface area contributed by atoms with Crippen molar-refractivity contribution in [2.45, 2.75) is 13.0 Å². The van der Waals surface area contributed by atoms with Crippen LogP contribution in [0.15, 0.2) is 82.5 Å². The lowest BCUT2D eigenvalue weighted by atomic mass is 10.1. The molecule has 5 heterocycles. The standard InChI is InChI=1S/C24H18ClN5O3S/c25-20-9-8-16(34-20)13-18-21(26)22(28-30(18)24(32)19-7-4-12-33-19)17-6-3-11-29(23(17)31)14-15-5-1-2-10-27-15/h1-12H,13-14,26H2. The number of hydrogen-bond acceptors (Lipinski definition) is 7. The number of nitrogens with zero attached hydrogens (tertiary/aromatic N) is 4. The summed E-state index contributed by atoms with van der Waals surface area (Å²) in [6.07, 6.45) is 5.08. The van der Waals surface area contributed by atoms with E-state index in [0.717, 1.165) is 10.6 Å². The molecule has 0 aliphatic carbocycles. The van der Waals surface area contributed by atoms with Gasteiger partial charge in [-0.25, -0.2) is 0 Å². The van der Waals surface area contributed by atoms with E-state index in [1.807, 2.05) is 24.3 Å². The predicted octanol–water partition coefficient (Wildman–Crippen LogP) is 4.32. The third-order valence-electron chi connectivity index (χ3n) is 5.25. The molecule has 0 amide bonds. The molecule has 8 nitrogen and oxygen atoms in total. The van der Waals surface area contributed by atoms with Gasteiger partial charge in [0.25, 0.3) is 5.56 Å². The third-order valence-corrected chi connectivity index (χ3v) is 6.48. The molecule has 0 spiro atoms. The van der Waals surface area contributed by atoms with E-state index in [4.69, 9.17) is 21.8 Å². The molecule has 0 unspecified atom stereocenters. The zero-order valence-corrected chi connectivity index (χ0v) is 19.3. The number of anilines is 1. The number of nitrogens with two attached hydrogens (primary N) is 1. The summed E-state index contributed by atoms with van der Waals surface area (Å²) in [5, 5.41) is 4.47. The number of rotatable bonds is 6. The molecule has 5 rings (SSSR count). The Morgan fingerprint density at radius 3 is 2.71 bits per heavy atom. The zero-order valence-electron chi connectivity index (χ0n) is 17.7. The highest BCUT2D eigenvalue weighted by atomic mass is 35.5. The van der Waals surface area contributed by atoms with E-state index in [0.29, 0.717) is 23.0 Å². The fourth-order valence-corrected chi connectivity index (χ4v) is 4.72. The topological polar surface area (TPSA) is 109 Å². The Hall–Kier alpha value is -3.95. The maximum atomic E-state index is 13.3. The molecule has 170 valence electrons. The normalized spacial score (nSPS) is 11.1. The highest BCUT2D eigenvalue weighted by molar-refractivity contribution is 7.16. The molecule has 0 bridgehead atoms. The van der Waals surface area contributed by atoms with Crippen molar-refractivity contribution in [1.82, 2.24) is 19.3 Å². The van der Waals surface area contributed by atoms with Crippen molar-refractivity contribution < 1.29 is 9.21 Å². The van der Waals surface area contributed by atoms with Gasteiger partial charge in [-0.3, -0.25) is 14.6 Å². The van der Waals surface area contributed by atoms with Crippen molar-refractivity contribution in [3.8, 4) is 11.3 Å². The first-order chi connectivity index (χ1) is 16.5. The Morgan fingerprint density at radius 1 is 1.12 bits per heavy atom. The molecule has 0 radical (unpaired) electrons. The maximum absolute atomic E-state index is 13.3. The second-order valence-electron chi connectivity index (χ2n) is 7.46. The van der Waals surface area contributed by atoms with E-state index in [2.05, 4.69) is 10.1 Å². The number of thiophene rings is 1. The van der Waals surface area contributed by atoms with Crippen LogP contribution in [0, 0.1) is 0 Å². The molecule has 0 aliphatic heterocycles. The first-order valence-electron chi connectivity index (χ1n) is 10.3. The number of nitrogen functional groups attached to an aromatic ring is 1. The monoisotopic (exact) mass is 491 g/mol. The van der Waals surface area contributed by atoms with Crippen LogP contribution in [0.2, 0.25) is 4.34 Å². The highest BCUT2D eigenvalue weighted by Crippen LogP contribution is 2.31. The van der Waals surface area contributed by atoms with Crippen molar-refractivity contribution in [2.24, 2.45) is 0 Å². The van der Waals surface area contributed by atoms with Crippen LogP contribution in [0.1, 0.15) is 26.8 Å². The molecule has 10 heteroatoms. The van der Waals surface area contributed by atoms with Gasteiger partial charge in [0, 0.05) is 23.7 Å². The smallest absolute Gasteiger partial charge is 0.314 e. The molecule has 2 N–H and O–H groups in total. The number of carbonyl (C=O) groups excluding carboxylic acids is 1. The summed E-state index contributed by atoms with van der Waals surface area (Å²) in [5.74, 6) is -0.370. The van der Waals surface area contributed by atoms with Crippen LogP contribution in [0.3, 0.4) is 0 Å². The first kappa shape index (κ1) is 21.9. The first-order valence-corrected chi connectivity index (χ1v) is 11.5. The molecule has 0 saturated carbocycles. The fourth-order valence-electron chi connectivity index (χ4n) is 3.63. The Bertz CT molecular complexity index is 1520. The second-order valence-corrected chi connectivity index (χ2v) is 9.26. The number of carbonyl (C=O) groups is 1. The Labute approximate surface area is 202 Å². The van der Waals surface area contributed by atoms with Crippen molar-refractivity contribution in [2.75, 3.05) is 5.73 Å². The van der Waals surface area contributed by atoms with Gasteiger partial charge in [-0.2, -0.15) is 9.78 Å². The van der Waals surface area contributed by atoms with Crippen LogP contribution >= 0.6 is 22.9 Å². The van der Waals surface area contributed by atoms with Crippen molar-refractivity contribution in [3.63, 3.8) is 0 Å². The summed E-state index contributed by atoms with van der Waals surface area (Å²) in [7, 11) is 0. The van der Waals surface area contributed by atoms with Crippen LogP contribution in [0.5, 0.6) is 0 Å². The van der Waals surface area contributed by atoms with Gasteiger partial charge < -0.3 is 14.7 Å². The fraction of sp³-hybridized carbons (Fsp3) is 0.0833.